The van der Waals surface area contributed by atoms with Gasteiger partial charge in [-0.2, -0.15) is 0 Å². The van der Waals surface area contributed by atoms with E-state index in [2.05, 4.69) is 10.3 Å². The monoisotopic (exact) mass is 498 g/mol. The smallest absolute Gasteiger partial charge is 0.409 e. The Kier molecular flexibility index (Phi) is 10.1. The molecule has 1 aliphatic rings. The van der Waals surface area contributed by atoms with Crippen LogP contribution in [0, 0.1) is 11.6 Å². The van der Waals surface area contributed by atoms with Crippen molar-refractivity contribution in [2.45, 2.75) is 6.92 Å². The highest BCUT2D eigenvalue weighted by atomic mass is 127. The molecule has 0 spiro atoms. The predicted molar refractivity (Wildman–Crippen MR) is 109 cm³/mol. The van der Waals surface area contributed by atoms with Crippen LogP contribution in [0.1, 0.15) is 6.92 Å². The van der Waals surface area contributed by atoms with E-state index in [-0.39, 0.29) is 42.4 Å². The van der Waals surface area contributed by atoms with Crippen LogP contribution >= 0.6 is 24.0 Å². The molecule has 0 aromatic heterocycles. The van der Waals surface area contributed by atoms with E-state index < -0.39 is 11.6 Å². The van der Waals surface area contributed by atoms with Gasteiger partial charge in [0.25, 0.3) is 0 Å². The van der Waals surface area contributed by atoms with E-state index in [9.17, 15) is 13.6 Å². The molecular weight excluding hydrogens is 473 g/mol. The Morgan fingerprint density at radius 3 is 2.44 bits per heavy atom. The number of rotatable bonds is 5. The predicted octanol–water partition coefficient (Wildman–Crippen LogP) is 2.31. The van der Waals surface area contributed by atoms with Gasteiger partial charge in [-0.15, -0.1) is 24.0 Å². The first-order chi connectivity index (χ1) is 12.5. The number of piperazine rings is 1. The lowest BCUT2D eigenvalue weighted by Gasteiger charge is -2.35. The SMILES string of the molecule is CCOC(=O)N1CCN(C(=NC)NCCOc2ccc(F)c(F)c2)CC1.I. The van der Waals surface area contributed by atoms with Gasteiger partial charge in [-0.1, -0.05) is 0 Å². The summed E-state index contributed by atoms with van der Waals surface area (Å²) in [5.41, 5.74) is 0. The zero-order valence-corrected chi connectivity index (χ0v) is 17.7. The van der Waals surface area contributed by atoms with Crippen LogP contribution in [-0.2, 0) is 4.74 Å². The van der Waals surface area contributed by atoms with Gasteiger partial charge in [-0.05, 0) is 19.1 Å². The fraction of sp³-hybridized carbons (Fsp3) is 0.529. The van der Waals surface area contributed by atoms with Crippen LogP contribution in [0.4, 0.5) is 13.6 Å². The molecule has 7 nitrogen and oxygen atoms in total. The molecule has 1 N–H and O–H groups in total. The van der Waals surface area contributed by atoms with Gasteiger partial charge in [0.1, 0.15) is 12.4 Å². The van der Waals surface area contributed by atoms with Crippen LogP contribution in [-0.4, -0.2) is 74.8 Å². The summed E-state index contributed by atoms with van der Waals surface area (Å²) in [4.78, 5) is 19.6. The Hall–Kier alpha value is -1.85. The van der Waals surface area contributed by atoms with E-state index in [1.807, 2.05) is 4.90 Å². The van der Waals surface area contributed by atoms with Crippen molar-refractivity contribution >= 4 is 36.0 Å². The maximum Gasteiger partial charge on any atom is 0.409 e. The van der Waals surface area contributed by atoms with Crippen molar-refractivity contribution in [3.05, 3.63) is 29.8 Å². The molecule has 1 aromatic carbocycles. The summed E-state index contributed by atoms with van der Waals surface area (Å²) in [6, 6.07) is 3.42. The minimum atomic E-state index is -0.939. The molecule has 0 aliphatic carbocycles. The maximum atomic E-state index is 13.1. The van der Waals surface area contributed by atoms with E-state index in [0.717, 1.165) is 12.1 Å². The third-order valence-electron chi connectivity index (χ3n) is 3.86. The highest BCUT2D eigenvalue weighted by Crippen LogP contribution is 2.15. The van der Waals surface area contributed by atoms with Gasteiger partial charge in [-0.3, -0.25) is 4.99 Å². The Labute approximate surface area is 174 Å². The molecular formula is C17H25F2IN4O3. The van der Waals surface area contributed by atoms with Gasteiger partial charge < -0.3 is 24.6 Å². The second kappa shape index (κ2) is 11.8. The highest BCUT2D eigenvalue weighted by Gasteiger charge is 2.23. The minimum Gasteiger partial charge on any atom is -0.492 e. The molecule has 1 saturated heterocycles. The van der Waals surface area contributed by atoms with Crippen molar-refractivity contribution in [3.63, 3.8) is 0 Å². The van der Waals surface area contributed by atoms with E-state index >= 15 is 0 Å². The number of carbonyl (C=O) groups excluding carboxylic acids is 1. The molecule has 0 radical (unpaired) electrons. The molecule has 0 unspecified atom stereocenters. The van der Waals surface area contributed by atoms with Gasteiger partial charge in [0.05, 0.1) is 13.2 Å². The first-order valence-electron chi connectivity index (χ1n) is 8.50. The lowest BCUT2D eigenvalue weighted by Crippen LogP contribution is -2.54. The summed E-state index contributed by atoms with van der Waals surface area (Å²) in [6.07, 6.45) is -0.296. The number of benzene rings is 1. The van der Waals surface area contributed by atoms with E-state index in [1.165, 1.54) is 6.07 Å². The summed E-state index contributed by atoms with van der Waals surface area (Å²) in [6.45, 7) is 5.26. The Morgan fingerprint density at radius 1 is 1.19 bits per heavy atom. The molecule has 10 heteroatoms. The first kappa shape index (κ1) is 23.2. The molecule has 0 saturated carbocycles. The van der Waals surface area contributed by atoms with Crippen molar-refractivity contribution in [1.29, 1.82) is 0 Å². The van der Waals surface area contributed by atoms with Crippen LogP contribution in [0.5, 0.6) is 5.75 Å². The third kappa shape index (κ3) is 7.00. The van der Waals surface area contributed by atoms with E-state index in [4.69, 9.17) is 9.47 Å². The summed E-state index contributed by atoms with van der Waals surface area (Å²) >= 11 is 0. The van der Waals surface area contributed by atoms with Crippen molar-refractivity contribution in [1.82, 2.24) is 15.1 Å². The fourth-order valence-corrected chi connectivity index (χ4v) is 2.55. The third-order valence-corrected chi connectivity index (χ3v) is 3.86. The first-order valence-corrected chi connectivity index (χ1v) is 8.50. The maximum absolute atomic E-state index is 13.1. The number of halogens is 3. The van der Waals surface area contributed by atoms with Crippen LogP contribution < -0.4 is 10.1 Å². The van der Waals surface area contributed by atoms with E-state index in [0.29, 0.717) is 45.3 Å². The second-order valence-corrected chi connectivity index (χ2v) is 5.57. The summed E-state index contributed by atoms with van der Waals surface area (Å²) in [5.74, 6) is -0.880. The average molecular weight is 498 g/mol. The molecule has 0 bridgehead atoms. The Morgan fingerprint density at radius 2 is 1.85 bits per heavy atom. The van der Waals surface area contributed by atoms with Gasteiger partial charge >= 0.3 is 6.09 Å². The standard InChI is InChI=1S/C17H24F2N4O3.HI/c1-3-25-17(24)23-9-7-22(8-10-23)16(20-2)21-6-11-26-13-4-5-14(18)15(19)12-13;/h4-5,12H,3,6-11H2,1-2H3,(H,20,21);1H. The zero-order valence-electron chi connectivity index (χ0n) is 15.4. The minimum absolute atomic E-state index is 0. The normalized spacial score (nSPS) is 14.4. The van der Waals surface area contributed by atoms with Gasteiger partial charge in [0.2, 0.25) is 0 Å². The quantitative estimate of drug-likeness (QED) is 0.292. The topological polar surface area (TPSA) is 66.4 Å². The number of nitrogens with one attached hydrogen (secondary N) is 1. The number of amides is 1. The molecule has 0 atom stereocenters. The Bertz CT molecular complexity index is 641. The summed E-state index contributed by atoms with van der Waals surface area (Å²) < 4.78 is 36.4. The zero-order chi connectivity index (χ0) is 18.9. The van der Waals surface area contributed by atoms with E-state index in [1.54, 1.807) is 18.9 Å². The van der Waals surface area contributed by atoms with Gasteiger partial charge in [0, 0.05) is 39.3 Å². The number of hydrogen-bond donors (Lipinski definition) is 1. The number of carbonyl (C=O) groups is 1. The summed E-state index contributed by atoms with van der Waals surface area (Å²) in [7, 11) is 1.68. The number of hydrogen-bond acceptors (Lipinski definition) is 4. The number of nitrogens with zero attached hydrogens (tertiary/aromatic N) is 3. The molecule has 1 amide bonds. The molecule has 1 fully saturated rings. The lowest BCUT2D eigenvalue weighted by molar-refractivity contribution is 0.0914. The van der Waals surface area contributed by atoms with Crippen LogP contribution in [0.15, 0.2) is 23.2 Å². The lowest BCUT2D eigenvalue weighted by atomic mass is 10.3. The molecule has 1 aliphatic heterocycles. The number of ether oxygens (including phenoxy) is 2. The van der Waals surface area contributed by atoms with Crippen molar-refractivity contribution < 1.29 is 23.0 Å². The highest BCUT2D eigenvalue weighted by molar-refractivity contribution is 14.0. The fourth-order valence-electron chi connectivity index (χ4n) is 2.55. The average Bonchev–Trinajstić information content (AvgIpc) is 2.65. The summed E-state index contributed by atoms with van der Waals surface area (Å²) in [5, 5.41) is 3.15. The Balaban J connectivity index is 0.00000364. The number of guanidine groups is 1. The van der Waals surface area contributed by atoms with Crippen LogP contribution in [0.2, 0.25) is 0 Å². The van der Waals surface area contributed by atoms with Crippen molar-refractivity contribution in [2.24, 2.45) is 4.99 Å². The second-order valence-electron chi connectivity index (χ2n) is 5.57. The van der Waals surface area contributed by atoms with Crippen LogP contribution in [0.25, 0.3) is 0 Å². The molecule has 2 rings (SSSR count). The molecule has 27 heavy (non-hydrogen) atoms. The van der Waals surface area contributed by atoms with Gasteiger partial charge in [0.15, 0.2) is 17.6 Å². The number of aliphatic imine (C=N–C) groups is 1. The van der Waals surface area contributed by atoms with Crippen LogP contribution in [0.3, 0.4) is 0 Å². The molecule has 1 aromatic rings. The van der Waals surface area contributed by atoms with Gasteiger partial charge in [-0.25, -0.2) is 13.6 Å². The molecule has 1 heterocycles. The van der Waals surface area contributed by atoms with Crippen molar-refractivity contribution in [3.8, 4) is 5.75 Å². The van der Waals surface area contributed by atoms with Crippen molar-refractivity contribution in [2.75, 3.05) is 53.0 Å². The molecule has 152 valence electrons. The largest absolute Gasteiger partial charge is 0.492 e.